The van der Waals surface area contributed by atoms with Gasteiger partial charge in [-0.25, -0.2) is 9.78 Å². The number of esters is 1. The van der Waals surface area contributed by atoms with Crippen LogP contribution in [0.1, 0.15) is 38.2 Å². The molecule has 3 heterocycles. The number of rotatable bonds is 6. The van der Waals surface area contributed by atoms with E-state index in [0.717, 1.165) is 0 Å². The van der Waals surface area contributed by atoms with E-state index >= 15 is 0 Å². The van der Waals surface area contributed by atoms with E-state index in [4.69, 9.17) is 19.6 Å². The molecule has 0 saturated heterocycles. The maximum atomic E-state index is 13.2. The first kappa shape index (κ1) is 20.6. The van der Waals surface area contributed by atoms with Gasteiger partial charge in [0.1, 0.15) is 21.2 Å². The number of carbonyl (C=O) groups excluding carboxylic acids is 2. The lowest BCUT2D eigenvalue weighted by molar-refractivity contribution is 0.0525. The Morgan fingerprint density at radius 3 is 2.55 bits per heavy atom. The minimum atomic E-state index is -0.519. The fraction of sp³-hybridized carbons (Fsp3) is 0.174. The van der Waals surface area contributed by atoms with E-state index in [1.165, 1.54) is 17.6 Å². The summed E-state index contributed by atoms with van der Waals surface area (Å²) in [5, 5.41) is 0.505. The van der Waals surface area contributed by atoms with Gasteiger partial charge in [-0.3, -0.25) is 4.79 Å². The third-order valence-electron chi connectivity index (χ3n) is 4.86. The predicted octanol–water partition coefficient (Wildman–Crippen LogP) is 4.86. The SMILES string of the molecule is CCOC(=O)c1c(C)nc2sc(C(=O)c3ccc(OC)cc3)c(N)c2c1-c1ccco1. The van der Waals surface area contributed by atoms with Crippen LogP contribution in [0.5, 0.6) is 5.75 Å². The number of nitrogens with two attached hydrogens (primary N) is 1. The van der Waals surface area contributed by atoms with Crippen molar-refractivity contribution in [1.29, 1.82) is 0 Å². The fourth-order valence-electron chi connectivity index (χ4n) is 3.43. The Kier molecular flexibility index (Phi) is 5.48. The number of pyridine rings is 1. The van der Waals surface area contributed by atoms with Crippen molar-refractivity contribution in [3.05, 3.63) is 64.4 Å². The standard InChI is InChI=1S/C23H20N2O5S/c1-4-29-23(27)16-12(2)25-22-18(17(16)15-6-5-11-30-15)19(24)21(31-22)20(26)13-7-9-14(28-3)10-8-13/h5-11H,4,24H2,1-3H3. The molecule has 4 aromatic rings. The molecule has 0 bridgehead atoms. The molecule has 3 aromatic heterocycles. The number of nitrogens with zero attached hydrogens (tertiary/aromatic N) is 1. The van der Waals surface area contributed by atoms with E-state index in [2.05, 4.69) is 4.98 Å². The molecular formula is C23H20N2O5S. The van der Waals surface area contributed by atoms with Gasteiger partial charge >= 0.3 is 5.97 Å². The second kappa shape index (κ2) is 8.23. The Hall–Kier alpha value is -3.65. The van der Waals surface area contributed by atoms with E-state index in [-0.39, 0.29) is 23.6 Å². The molecule has 0 fully saturated rings. The highest BCUT2D eigenvalue weighted by Crippen LogP contribution is 2.43. The molecule has 31 heavy (non-hydrogen) atoms. The number of aromatic nitrogens is 1. The van der Waals surface area contributed by atoms with Gasteiger partial charge < -0.3 is 19.6 Å². The van der Waals surface area contributed by atoms with Gasteiger partial charge in [-0.1, -0.05) is 0 Å². The number of anilines is 1. The summed E-state index contributed by atoms with van der Waals surface area (Å²) < 4.78 is 16.0. The van der Waals surface area contributed by atoms with E-state index in [0.29, 0.717) is 43.4 Å². The second-order valence-electron chi connectivity index (χ2n) is 6.73. The zero-order chi connectivity index (χ0) is 22.1. The molecule has 0 unspecified atom stereocenters. The van der Waals surface area contributed by atoms with Gasteiger partial charge in [0.25, 0.3) is 0 Å². The van der Waals surface area contributed by atoms with Crippen molar-refractivity contribution in [2.45, 2.75) is 13.8 Å². The minimum absolute atomic E-state index is 0.216. The third kappa shape index (κ3) is 3.55. The number of benzene rings is 1. The summed E-state index contributed by atoms with van der Waals surface area (Å²) in [5.74, 6) is 0.349. The highest BCUT2D eigenvalue weighted by molar-refractivity contribution is 7.21. The van der Waals surface area contributed by atoms with Gasteiger partial charge in [0.05, 0.1) is 36.9 Å². The molecule has 4 rings (SSSR count). The molecule has 0 aliphatic heterocycles. The zero-order valence-electron chi connectivity index (χ0n) is 17.2. The van der Waals surface area contributed by atoms with Crippen LogP contribution in [0.2, 0.25) is 0 Å². The molecular weight excluding hydrogens is 416 g/mol. The topological polar surface area (TPSA) is 105 Å². The van der Waals surface area contributed by atoms with Crippen molar-refractivity contribution >= 4 is 39.0 Å². The summed E-state index contributed by atoms with van der Waals surface area (Å²) in [7, 11) is 1.56. The van der Waals surface area contributed by atoms with Crippen molar-refractivity contribution in [1.82, 2.24) is 4.98 Å². The van der Waals surface area contributed by atoms with Gasteiger partial charge in [-0.05, 0) is 50.2 Å². The molecule has 0 aliphatic carbocycles. The number of hydrogen-bond acceptors (Lipinski definition) is 8. The first-order chi connectivity index (χ1) is 15.0. The molecule has 1 aromatic carbocycles. The molecule has 158 valence electrons. The van der Waals surface area contributed by atoms with E-state index in [1.807, 2.05) is 0 Å². The third-order valence-corrected chi connectivity index (χ3v) is 5.96. The number of methoxy groups -OCH3 is 1. The summed E-state index contributed by atoms with van der Waals surface area (Å²) in [6, 6.07) is 10.2. The normalized spacial score (nSPS) is 10.9. The molecule has 7 nitrogen and oxygen atoms in total. The van der Waals surface area contributed by atoms with Crippen LogP contribution in [-0.2, 0) is 4.74 Å². The largest absolute Gasteiger partial charge is 0.497 e. The number of carbonyl (C=O) groups is 2. The number of hydrogen-bond donors (Lipinski definition) is 1. The smallest absolute Gasteiger partial charge is 0.340 e. The van der Waals surface area contributed by atoms with Crippen LogP contribution < -0.4 is 10.5 Å². The molecule has 0 amide bonds. The Bertz CT molecular complexity index is 1270. The lowest BCUT2D eigenvalue weighted by atomic mass is 9.99. The molecule has 2 N–H and O–H groups in total. The van der Waals surface area contributed by atoms with Crippen LogP contribution in [0.25, 0.3) is 21.5 Å². The second-order valence-corrected chi connectivity index (χ2v) is 7.73. The van der Waals surface area contributed by atoms with Gasteiger partial charge in [0.15, 0.2) is 0 Å². The van der Waals surface area contributed by atoms with Gasteiger partial charge in [-0.2, -0.15) is 0 Å². The summed E-state index contributed by atoms with van der Waals surface area (Å²) >= 11 is 1.19. The summed E-state index contributed by atoms with van der Waals surface area (Å²) in [5.41, 5.74) is 8.42. The molecule has 0 radical (unpaired) electrons. The molecule has 0 spiro atoms. The summed E-state index contributed by atoms with van der Waals surface area (Å²) in [6.45, 7) is 3.67. The Morgan fingerprint density at radius 1 is 1.19 bits per heavy atom. The van der Waals surface area contributed by atoms with Crippen molar-refractivity contribution in [3.63, 3.8) is 0 Å². The average Bonchev–Trinajstić information content (AvgIpc) is 3.41. The maximum Gasteiger partial charge on any atom is 0.340 e. The first-order valence-corrected chi connectivity index (χ1v) is 10.4. The van der Waals surface area contributed by atoms with Crippen LogP contribution in [-0.4, -0.2) is 30.5 Å². The zero-order valence-corrected chi connectivity index (χ0v) is 18.0. The lowest BCUT2D eigenvalue weighted by Crippen LogP contribution is -2.10. The van der Waals surface area contributed by atoms with Gasteiger partial charge in [0, 0.05) is 16.5 Å². The molecule has 0 atom stereocenters. The Labute approximate surface area is 182 Å². The highest BCUT2D eigenvalue weighted by Gasteiger charge is 2.28. The van der Waals surface area contributed by atoms with E-state index in [9.17, 15) is 9.59 Å². The number of fused-ring (bicyclic) bond motifs is 1. The van der Waals surface area contributed by atoms with Crippen LogP contribution >= 0.6 is 11.3 Å². The van der Waals surface area contributed by atoms with E-state index in [1.54, 1.807) is 57.4 Å². The van der Waals surface area contributed by atoms with Crippen molar-refractivity contribution in [3.8, 4) is 17.1 Å². The lowest BCUT2D eigenvalue weighted by Gasteiger charge is -2.11. The highest BCUT2D eigenvalue weighted by atomic mass is 32.1. The van der Waals surface area contributed by atoms with Crippen LogP contribution in [0.4, 0.5) is 5.69 Å². The van der Waals surface area contributed by atoms with Gasteiger partial charge in [-0.15, -0.1) is 11.3 Å². The van der Waals surface area contributed by atoms with E-state index < -0.39 is 5.97 Å². The number of aryl methyl sites for hydroxylation is 1. The monoisotopic (exact) mass is 436 g/mol. The molecule has 0 saturated carbocycles. The predicted molar refractivity (Wildman–Crippen MR) is 119 cm³/mol. The molecule has 0 aliphatic rings. The minimum Gasteiger partial charge on any atom is -0.497 e. The fourth-order valence-corrected chi connectivity index (χ4v) is 4.54. The number of ether oxygens (including phenoxy) is 2. The van der Waals surface area contributed by atoms with Crippen molar-refractivity contribution in [2.24, 2.45) is 0 Å². The number of thiophene rings is 1. The van der Waals surface area contributed by atoms with Crippen molar-refractivity contribution in [2.75, 3.05) is 19.5 Å². The van der Waals surface area contributed by atoms with Crippen LogP contribution in [0, 0.1) is 6.92 Å². The number of nitrogen functional groups attached to an aromatic ring is 1. The van der Waals surface area contributed by atoms with Gasteiger partial charge in [0.2, 0.25) is 5.78 Å². The summed E-state index contributed by atoms with van der Waals surface area (Å²) in [6.07, 6.45) is 1.51. The Morgan fingerprint density at radius 2 is 1.94 bits per heavy atom. The number of ketones is 1. The Balaban J connectivity index is 1.95. The maximum absolute atomic E-state index is 13.2. The van der Waals surface area contributed by atoms with Crippen LogP contribution in [0.3, 0.4) is 0 Å². The number of furan rings is 1. The first-order valence-electron chi connectivity index (χ1n) is 9.58. The quantitative estimate of drug-likeness (QED) is 0.340. The average molecular weight is 436 g/mol. The van der Waals surface area contributed by atoms with Crippen molar-refractivity contribution < 1.29 is 23.5 Å². The van der Waals surface area contributed by atoms with Crippen LogP contribution in [0.15, 0.2) is 47.1 Å². The summed E-state index contributed by atoms with van der Waals surface area (Å²) in [4.78, 5) is 31.4. The molecule has 8 heteroatoms.